The van der Waals surface area contributed by atoms with Crippen molar-refractivity contribution in [3.63, 3.8) is 0 Å². The molecule has 2 heterocycles. The highest BCUT2D eigenvalue weighted by Gasteiger charge is 2.27. The van der Waals surface area contributed by atoms with Crippen molar-refractivity contribution in [3.8, 4) is 0 Å². The number of rotatable bonds is 4. The first-order valence-electron chi connectivity index (χ1n) is 6.69. The van der Waals surface area contributed by atoms with Crippen LogP contribution >= 0.6 is 0 Å². The summed E-state index contributed by atoms with van der Waals surface area (Å²) in [6, 6.07) is 2.19. The number of furan rings is 1. The number of ether oxygens (including phenoxy) is 1. The van der Waals surface area contributed by atoms with Gasteiger partial charge in [0.15, 0.2) is 0 Å². The van der Waals surface area contributed by atoms with Gasteiger partial charge < -0.3 is 14.3 Å². The molecule has 19 heavy (non-hydrogen) atoms. The Bertz CT molecular complexity index is 454. The lowest BCUT2D eigenvalue weighted by atomic mass is 10.1. The lowest BCUT2D eigenvalue weighted by Gasteiger charge is -2.37. The molecular formula is C14H21NO4. The number of carboxylic acid groups (broad SMARTS) is 1. The molecule has 1 saturated heterocycles. The molecule has 0 aliphatic carbocycles. The third-order valence-electron chi connectivity index (χ3n) is 3.57. The van der Waals surface area contributed by atoms with Gasteiger partial charge in [0.1, 0.15) is 5.76 Å². The molecule has 0 radical (unpaired) electrons. The van der Waals surface area contributed by atoms with Crippen LogP contribution in [0.5, 0.6) is 0 Å². The van der Waals surface area contributed by atoms with E-state index in [1.165, 1.54) is 0 Å². The van der Waals surface area contributed by atoms with Gasteiger partial charge in [0.2, 0.25) is 5.76 Å². The van der Waals surface area contributed by atoms with E-state index >= 15 is 0 Å². The first-order chi connectivity index (χ1) is 9.01. The van der Waals surface area contributed by atoms with Gasteiger partial charge in [-0.15, -0.1) is 0 Å². The number of aromatic carboxylic acids is 1. The summed E-state index contributed by atoms with van der Waals surface area (Å²) in [5, 5.41) is 9.00. The molecule has 0 aromatic carbocycles. The molecule has 1 aromatic rings. The second-order valence-electron chi connectivity index (χ2n) is 5.17. The summed E-state index contributed by atoms with van der Waals surface area (Å²) in [5.41, 5.74) is 0.678. The Morgan fingerprint density at radius 3 is 2.89 bits per heavy atom. The first-order valence-corrected chi connectivity index (χ1v) is 6.69. The molecule has 0 amide bonds. The summed E-state index contributed by atoms with van der Waals surface area (Å²) >= 11 is 0. The third kappa shape index (κ3) is 3.16. The average Bonchev–Trinajstić information content (AvgIpc) is 2.71. The molecule has 1 fully saturated rings. The fourth-order valence-electron chi connectivity index (χ4n) is 2.52. The van der Waals surface area contributed by atoms with E-state index in [4.69, 9.17) is 14.3 Å². The molecule has 0 bridgehead atoms. The number of carboxylic acids is 1. The average molecular weight is 267 g/mol. The number of aryl methyl sites for hydroxylation is 1. The van der Waals surface area contributed by atoms with Crippen LogP contribution in [0.1, 0.15) is 42.1 Å². The lowest BCUT2D eigenvalue weighted by Crippen LogP contribution is -2.47. The molecule has 1 aromatic heterocycles. The van der Waals surface area contributed by atoms with Crippen LogP contribution in [0.4, 0.5) is 0 Å². The van der Waals surface area contributed by atoms with Crippen molar-refractivity contribution in [1.29, 1.82) is 0 Å². The minimum atomic E-state index is -1.01. The van der Waals surface area contributed by atoms with E-state index in [1.54, 1.807) is 6.92 Å². The van der Waals surface area contributed by atoms with Crippen LogP contribution in [0, 0.1) is 6.92 Å². The summed E-state index contributed by atoms with van der Waals surface area (Å²) in [7, 11) is 0. The SMILES string of the molecule is CCC1COC(C)CN1Cc1cc(C)c(C(=O)O)o1. The fraction of sp³-hybridized carbons (Fsp3) is 0.643. The minimum Gasteiger partial charge on any atom is -0.475 e. The summed E-state index contributed by atoms with van der Waals surface area (Å²) < 4.78 is 11.1. The summed E-state index contributed by atoms with van der Waals surface area (Å²) in [5.74, 6) is -0.252. The first kappa shape index (κ1) is 14.1. The lowest BCUT2D eigenvalue weighted by molar-refractivity contribution is -0.0611. The van der Waals surface area contributed by atoms with Gasteiger partial charge in [-0.1, -0.05) is 6.92 Å². The number of hydrogen-bond donors (Lipinski definition) is 1. The molecule has 1 N–H and O–H groups in total. The molecule has 0 spiro atoms. The van der Waals surface area contributed by atoms with E-state index in [1.807, 2.05) is 6.07 Å². The van der Waals surface area contributed by atoms with E-state index in [0.717, 1.165) is 19.6 Å². The maximum Gasteiger partial charge on any atom is 0.372 e. The van der Waals surface area contributed by atoms with Crippen molar-refractivity contribution >= 4 is 5.97 Å². The zero-order chi connectivity index (χ0) is 14.0. The van der Waals surface area contributed by atoms with Crippen molar-refractivity contribution in [1.82, 2.24) is 4.90 Å². The molecule has 2 unspecified atom stereocenters. The van der Waals surface area contributed by atoms with Crippen molar-refractivity contribution < 1.29 is 19.1 Å². The number of hydrogen-bond acceptors (Lipinski definition) is 4. The fourth-order valence-corrected chi connectivity index (χ4v) is 2.52. The van der Waals surface area contributed by atoms with Gasteiger partial charge in [-0.3, -0.25) is 4.90 Å². The van der Waals surface area contributed by atoms with Gasteiger partial charge in [-0.05, 0) is 26.3 Å². The molecule has 0 saturated carbocycles. The normalized spacial score (nSPS) is 24.6. The van der Waals surface area contributed by atoms with Crippen LogP contribution in [0.25, 0.3) is 0 Å². The topological polar surface area (TPSA) is 62.9 Å². The molecule has 2 rings (SSSR count). The van der Waals surface area contributed by atoms with Crippen molar-refractivity contribution in [3.05, 3.63) is 23.2 Å². The van der Waals surface area contributed by atoms with E-state index < -0.39 is 5.97 Å². The van der Waals surface area contributed by atoms with Gasteiger partial charge in [0.25, 0.3) is 0 Å². The van der Waals surface area contributed by atoms with Crippen LogP contribution in [-0.4, -0.2) is 41.3 Å². The second kappa shape index (κ2) is 5.75. The molecule has 106 valence electrons. The van der Waals surface area contributed by atoms with Crippen molar-refractivity contribution in [2.75, 3.05) is 13.2 Å². The Balaban J connectivity index is 2.10. The highest BCUT2D eigenvalue weighted by Crippen LogP contribution is 2.21. The van der Waals surface area contributed by atoms with Crippen LogP contribution < -0.4 is 0 Å². The molecule has 1 aliphatic rings. The second-order valence-corrected chi connectivity index (χ2v) is 5.17. The van der Waals surface area contributed by atoms with E-state index in [2.05, 4.69) is 18.7 Å². The monoisotopic (exact) mass is 267 g/mol. The summed E-state index contributed by atoms with van der Waals surface area (Å²) in [4.78, 5) is 13.3. The quantitative estimate of drug-likeness (QED) is 0.906. The minimum absolute atomic E-state index is 0.0457. The van der Waals surface area contributed by atoms with Crippen molar-refractivity contribution in [2.45, 2.75) is 45.9 Å². The molecule has 5 heteroatoms. The number of nitrogens with zero attached hydrogens (tertiary/aromatic N) is 1. The third-order valence-corrected chi connectivity index (χ3v) is 3.57. The predicted octanol–water partition coefficient (Wildman–Crippen LogP) is 2.29. The Labute approximate surface area is 113 Å². The highest BCUT2D eigenvalue weighted by molar-refractivity contribution is 5.86. The van der Waals surface area contributed by atoms with Crippen LogP contribution in [-0.2, 0) is 11.3 Å². The van der Waals surface area contributed by atoms with Gasteiger partial charge in [-0.25, -0.2) is 4.79 Å². The van der Waals surface area contributed by atoms with Gasteiger partial charge in [0.05, 0.1) is 19.3 Å². The van der Waals surface area contributed by atoms with Crippen LogP contribution in [0.2, 0.25) is 0 Å². The Morgan fingerprint density at radius 2 is 2.32 bits per heavy atom. The van der Waals surface area contributed by atoms with Crippen LogP contribution in [0.3, 0.4) is 0 Å². The standard InChI is InChI=1S/C14H21NO4/c1-4-11-8-18-10(3)6-15(11)7-12-5-9(2)13(19-12)14(16)17/h5,10-11H,4,6-8H2,1-3H3,(H,16,17). The largest absolute Gasteiger partial charge is 0.475 e. The Hall–Kier alpha value is -1.33. The van der Waals surface area contributed by atoms with Crippen molar-refractivity contribution in [2.24, 2.45) is 0 Å². The Morgan fingerprint density at radius 1 is 1.58 bits per heavy atom. The maximum atomic E-state index is 11.0. The van der Waals surface area contributed by atoms with Gasteiger partial charge in [-0.2, -0.15) is 0 Å². The summed E-state index contributed by atoms with van der Waals surface area (Å²) in [6.07, 6.45) is 1.22. The zero-order valence-electron chi connectivity index (χ0n) is 11.7. The molecule has 2 atom stereocenters. The maximum absolute atomic E-state index is 11.0. The highest BCUT2D eigenvalue weighted by atomic mass is 16.5. The molecular weight excluding hydrogens is 246 g/mol. The van der Waals surface area contributed by atoms with E-state index in [9.17, 15) is 4.79 Å². The zero-order valence-corrected chi connectivity index (χ0v) is 11.7. The predicted molar refractivity (Wildman–Crippen MR) is 70.3 cm³/mol. The number of carbonyl (C=O) groups is 1. The molecule has 1 aliphatic heterocycles. The van der Waals surface area contributed by atoms with Crippen LogP contribution in [0.15, 0.2) is 10.5 Å². The smallest absolute Gasteiger partial charge is 0.372 e. The van der Waals surface area contributed by atoms with E-state index in [0.29, 0.717) is 23.9 Å². The van der Waals surface area contributed by atoms with Gasteiger partial charge in [0, 0.05) is 18.2 Å². The number of morpholine rings is 1. The van der Waals surface area contributed by atoms with E-state index in [-0.39, 0.29) is 11.9 Å². The summed E-state index contributed by atoms with van der Waals surface area (Å²) in [6.45, 7) is 8.15. The Kier molecular flexibility index (Phi) is 4.27. The molecule has 5 nitrogen and oxygen atoms in total. The van der Waals surface area contributed by atoms with Gasteiger partial charge >= 0.3 is 5.97 Å².